The largest absolute Gasteiger partial charge is 0.314 e. The van der Waals surface area contributed by atoms with Crippen molar-refractivity contribution in [3.63, 3.8) is 0 Å². The molecule has 1 atom stereocenters. The van der Waals surface area contributed by atoms with Gasteiger partial charge in [0.25, 0.3) is 0 Å². The summed E-state index contributed by atoms with van der Waals surface area (Å²) in [6, 6.07) is 4.61. The molecule has 2 aliphatic rings. The van der Waals surface area contributed by atoms with Crippen molar-refractivity contribution in [1.82, 2.24) is 20.2 Å². The van der Waals surface area contributed by atoms with Crippen molar-refractivity contribution in [2.75, 3.05) is 19.6 Å². The van der Waals surface area contributed by atoms with Crippen molar-refractivity contribution < 1.29 is 0 Å². The number of thiazole rings is 1. The summed E-state index contributed by atoms with van der Waals surface area (Å²) in [5.41, 5.74) is 2.54. The van der Waals surface area contributed by atoms with Crippen LogP contribution in [-0.4, -0.2) is 34.5 Å². The molecule has 0 spiro atoms. The first-order valence-electron chi connectivity index (χ1n) is 8.69. The second kappa shape index (κ2) is 7.07. The third-order valence-corrected chi connectivity index (χ3v) is 6.12. The van der Waals surface area contributed by atoms with E-state index in [2.05, 4.69) is 26.6 Å². The highest BCUT2D eigenvalue weighted by atomic mass is 32.1. The highest BCUT2D eigenvalue weighted by molar-refractivity contribution is 7.09. The van der Waals surface area contributed by atoms with E-state index >= 15 is 0 Å². The zero-order valence-corrected chi connectivity index (χ0v) is 14.3. The molecule has 0 bridgehead atoms. The van der Waals surface area contributed by atoms with Gasteiger partial charge in [-0.05, 0) is 24.5 Å². The minimum atomic E-state index is 0.397. The van der Waals surface area contributed by atoms with Gasteiger partial charge >= 0.3 is 0 Å². The molecule has 5 heteroatoms. The maximum Gasteiger partial charge on any atom is 0.0959 e. The molecule has 2 aromatic heterocycles. The normalized spacial score (nSPS) is 23.4. The second-order valence-corrected chi connectivity index (χ2v) is 7.52. The first kappa shape index (κ1) is 15.2. The van der Waals surface area contributed by atoms with E-state index in [1.165, 1.54) is 41.9 Å². The van der Waals surface area contributed by atoms with Gasteiger partial charge in [0, 0.05) is 55.9 Å². The Hall–Kier alpha value is -1.30. The molecule has 1 saturated heterocycles. The molecule has 4 nitrogen and oxygen atoms in total. The minimum absolute atomic E-state index is 0.397. The van der Waals surface area contributed by atoms with Crippen molar-refractivity contribution in [2.24, 2.45) is 0 Å². The van der Waals surface area contributed by atoms with E-state index in [9.17, 15) is 0 Å². The molecule has 2 fully saturated rings. The Kier molecular flexibility index (Phi) is 4.69. The molecule has 1 unspecified atom stereocenters. The van der Waals surface area contributed by atoms with Gasteiger partial charge in [0.05, 0.1) is 10.7 Å². The van der Waals surface area contributed by atoms with Crippen molar-refractivity contribution in [2.45, 2.75) is 44.2 Å². The summed E-state index contributed by atoms with van der Waals surface area (Å²) in [5.74, 6) is 0.728. The number of rotatable bonds is 4. The van der Waals surface area contributed by atoms with Crippen LogP contribution in [0.1, 0.15) is 53.9 Å². The maximum absolute atomic E-state index is 4.96. The Morgan fingerprint density at radius 1 is 1.30 bits per heavy atom. The van der Waals surface area contributed by atoms with Crippen LogP contribution < -0.4 is 5.32 Å². The number of nitrogens with zero attached hydrogens (tertiary/aromatic N) is 3. The van der Waals surface area contributed by atoms with Crippen LogP contribution in [0.4, 0.5) is 0 Å². The lowest BCUT2D eigenvalue weighted by Crippen LogP contribution is -2.45. The Morgan fingerprint density at radius 3 is 3.04 bits per heavy atom. The highest BCUT2D eigenvalue weighted by Gasteiger charge is 2.25. The average molecular weight is 328 g/mol. The summed E-state index contributed by atoms with van der Waals surface area (Å²) in [4.78, 5) is 11.8. The van der Waals surface area contributed by atoms with Crippen LogP contribution in [-0.2, 0) is 6.54 Å². The Morgan fingerprint density at radius 2 is 2.22 bits per heavy atom. The number of pyridine rings is 1. The van der Waals surface area contributed by atoms with Crippen LogP contribution in [0.5, 0.6) is 0 Å². The maximum atomic E-state index is 4.96. The molecule has 4 rings (SSSR count). The number of hydrogen-bond donors (Lipinski definition) is 1. The predicted molar refractivity (Wildman–Crippen MR) is 93.6 cm³/mol. The third-order valence-electron chi connectivity index (χ3n) is 5.06. The lowest BCUT2D eigenvalue weighted by Gasteiger charge is -2.35. The quantitative estimate of drug-likeness (QED) is 0.934. The molecular formula is C18H24N4S. The van der Waals surface area contributed by atoms with Crippen LogP contribution >= 0.6 is 11.3 Å². The number of nitrogens with one attached hydrogen (secondary N) is 1. The SMILES string of the molecule is c1cncc(C2CNCCN2Cc2csc(C3CCCC3)n2)c1. The molecule has 1 saturated carbocycles. The van der Waals surface area contributed by atoms with E-state index < -0.39 is 0 Å². The molecule has 2 aromatic rings. The first-order valence-corrected chi connectivity index (χ1v) is 9.57. The zero-order valence-electron chi connectivity index (χ0n) is 13.4. The van der Waals surface area contributed by atoms with Gasteiger partial charge in [0.15, 0.2) is 0 Å². The number of aromatic nitrogens is 2. The van der Waals surface area contributed by atoms with Crippen molar-refractivity contribution in [3.05, 3.63) is 46.2 Å². The van der Waals surface area contributed by atoms with Crippen LogP contribution in [0.15, 0.2) is 29.9 Å². The smallest absolute Gasteiger partial charge is 0.0959 e. The monoisotopic (exact) mass is 328 g/mol. The molecule has 1 N–H and O–H groups in total. The summed E-state index contributed by atoms with van der Waals surface area (Å²) in [7, 11) is 0. The van der Waals surface area contributed by atoms with E-state index in [-0.39, 0.29) is 0 Å². The fourth-order valence-electron chi connectivity index (χ4n) is 3.80. The van der Waals surface area contributed by atoms with Gasteiger partial charge in [0.2, 0.25) is 0 Å². The topological polar surface area (TPSA) is 41.1 Å². The highest BCUT2D eigenvalue weighted by Crippen LogP contribution is 2.36. The predicted octanol–water partition coefficient (Wildman–Crippen LogP) is 3.34. The molecule has 0 radical (unpaired) electrons. The van der Waals surface area contributed by atoms with Gasteiger partial charge in [-0.1, -0.05) is 18.9 Å². The Labute approximate surface area is 142 Å². The van der Waals surface area contributed by atoms with Gasteiger partial charge in [-0.25, -0.2) is 4.98 Å². The summed E-state index contributed by atoms with van der Waals surface area (Å²) >= 11 is 1.87. The molecule has 0 aromatic carbocycles. The molecule has 3 heterocycles. The average Bonchev–Trinajstić information content (AvgIpc) is 3.27. The molecule has 23 heavy (non-hydrogen) atoms. The summed E-state index contributed by atoms with van der Waals surface area (Å²) in [5, 5.41) is 7.15. The Bertz CT molecular complexity index is 621. The number of piperazine rings is 1. The van der Waals surface area contributed by atoms with E-state index in [1.54, 1.807) is 0 Å². The van der Waals surface area contributed by atoms with Crippen molar-refractivity contribution >= 4 is 11.3 Å². The van der Waals surface area contributed by atoms with E-state index in [1.807, 2.05) is 29.8 Å². The van der Waals surface area contributed by atoms with E-state index in [4.69, 9.17) is 4.98 Å². The lowest BCUT2D eigenvalue weighted by atomic mass is 10.1. The lowest BCUT2D eigenvalue weighted by molar-refractivity contribution is 0.152. The fraction of sp³-hybridized carbons (Fsp3) is 0.556. The van der Waals surface area contributed by atoms with E-state index in [0.717, 1.165) is 32.1 Å². The van der Waals surface area contributed by atoms with Gasteiger partial charge in [0.1, 0.15) is 0 Å². The van der Waals surface area contributed by atoms with Gasteiger partial charge < -0.3 is 5.32 Å². The molecule has 1 aliphatic heterocycles. The fourth-order valence-corrected chi connectivity index (χ4v) is 4.78. The molecule has 1 aliphatic carbocycles. The van der Waals surface area contributed by atoms with Gasteiger partial charge in [-0.15, -0.1) is 11.3 Å². The first-order chi connectivity index (χ1) is 11.4. The molecule has 0 amide bonds. The molecular weight excluding hydrogens is 304 g/mol. The van der Waals surface area contributed by atoms with E-state index in [0.29, 0.717) is 6.04 Å². The van der Waals surface area contributed by atoms with Crippen molar-refractivity contribution in [3.8, 4) is 0 Å². The third kappa shape index (κ3) is 3.47. The van der Waals surface area contributed by atoms with Gasteiger partial charge in [-0.2, -0.15) is 0 Å². The molecule has 122 valence electrons. The summed E-state index contributed by atoms with van der Waals surface area (Å²) in [6.07, 6.45) is 9.26. The van der Waals surface area contributed by atoms with Gasteiger partial charge in [-0.3, -0.25) is 9.88 Å². The van der Waals surface area contributed by atoms with Crippen molar-refractivity contribution in [1.29, 1.82) is 0 Å². The summed E-state index contributed by atoms with van der Waals surface area (Å²) < 4.78 is 0. The van der Waals surface area contributed by atoms with Crippen LogP contribution in [0.25, 0.3) is 0 Å². The Balaban J connectivity index is 1.47. The summed E-state index contributed by atoms with van der Waals surface area (Å²) in [6.45, 7) is 4.06. The van der Waals surface area contributed by atoms with Crippen LogP contribution in [0.3, 0.4) is 0 Å². The van der Waals surface area contributed by atoms with Crippen LogP contribution in [0.2, 0.25) is 0 Å². The zero-order chi connectivity index (χ0) is 15.5. The second-order valence-electron chi connectivity index (χ2n) is 6.64. The standard InChI is InChI=1S/C18H24N4S/c1-2-5-14(4-1)18-21-16(13-23-18)12-22-9-8-20-11-17(22)15-6-3-7-19-10-15/h3,6-7,10,13-14,17,20H,1-2,4-5,8-9,11-12H2. The number of hydrogen-bond acceptors (Lipinski definition) is 5. The van der Waals surface area contributed by atoms with Crippen LogP contribution in [0, 0.1) is 0 Å². The minimum Gasteiger partial charge on any atom is -0.314 e.